The maximum absolute atomic E-state index is 12.6. The summed E-state index contributed by atoms with van der Waals surface area (Å²) in [7, 11) is 0. The van der Waals surface area contributed by atoms with Gasteiger partial charge >= 0.3 is 0 Å². The highest BCUT2D eigenvalue weighted by Crippen LogP contribution is 2.37. The van der Waals surface area contributed by atoms with Gasteiger partial charge in [-0.2, -0.15) is 0 Å². The molecular weight excluding hydrogens is 266 g/mol. The highest BCUT2D eigenvalue weighted by molar-refractivity contribution is 5.90. The van der Waals surface area contributed by atoms with Crippen LogP contribution in [-0.2, 0) is 0 Å². The Balaban J connectivity index is 1.65. The fraction of sp³-hybridized carbons (Fsp3) is 0.800. The van der Waals surface area contributed by atoms with Crippen LogP contribution in [0.1, 0.15) is 67.8 Å². The molecule has 2 aliphatic rings. The third-order valence-corrected chi connectivity index (χ3v) is 4.33. The van der Waals surface area contributed by atoms with Crippen molar-refractivity contribution in [3.8, 4) is 0 Å². The fourth-order valence-corrected chi connectivity index (χ4v) is 2.85. The van der Waals surface area contributed by atoms with Crippen molar-refractivity contribution in [2.75, 3.05) is 19.6 Å². The number of carbonyl (C=O) groups excluding carboxylic acids is 1. The molecule has 2 fully saturated rings. The molecule has 1 atom stereocenters. The zero-order chi connectivity index (χ0) is 14.7. The molecule has 1 aromatic heterocycles. The van der Waals surface area contributed by atoms with Gasteiger partial charge in [0, 0.05) is 25.0 Å². The van der Waals surface area contributed by atoms with Crippen molar-refractivity contribution in [3.63, 3.8) is 0 Å². The van der Waals surface area contributed by atoms with Gasteiger partial charge in [0.25, 0.3) is 5.91 Å². The molecule has 116 valence electrons. The largest absolute Gasteiger partial charge is 0.334 e. The SMILES string of the molecule is CCCCN(CC1CCCN1)C(=O)c1n[nH]c(C2CC2)n1. The van der Waals surface area contributed by atoms with E-state index in [2.05, 4.69) is 27.4 Å². The van der Waals surface area contributed by atoms with Crippen molar-refractivity contribution in [2.24, 2.45) is 0 Å². The Bertz CT molecular complexity index is 476. The first-order valence-corrected chi connectivity index (χ1v) is 8.23. The van der Waals surface area contributed by atoms with Crippen LogP contribution in [0.4, 0.5) is 0 Å². The van der Waals surface area contributed by atoms with Crippen molar-refractivity contribution < 1.29 is 4.79 Å². The van der Waals surface area contributed by atoms with Crippen molar-refractivity contribution in [3.05, 3.63) is 11.6 Å². The molecule has 1 aliphatic carbocycles. The maximum Gasteiger partial charge on any atom is 0.293 e. The van der Waals surface area contributed by atoms with Crippen molar-refractivity contribution in [1.82, 2.24) is 25.4 Å². The van der Waals surface area contributed by atoms with E-state index >= 15 is 0 Å². The molecule has 1 aliphatic heterocycles. The van der Waals surface area contributed by atoms with Crippen LogP contribution in [0.3, 0.4) is 0 Å². The Kier molecular flexibility index (Phi) is 4.53. The van der Waals surface area contributed by atoms with Gasteiger partial charge in [0.15, 0.2) is 0 Å². The van der Waals surface area contributed by atoms with Crippen molar-refractivity contribution >= 4 is 5.91 Å². The Hall–Kier alpha value is -1.43. The highest BCUT2D eigenvalue weighted by Gasteiger charge is 2.30. The van der Waals surface area contributed by atoms with Crippen LogP contribution >= 0.6 is 0 Å². The van der Waals surface area contributed by atoms with E-state index in [1.165, 1.54) is 6.42 Å². The first-order valence-electron chi connectivity index (χ1n) is 8.23. The second-order valence-electron chi connectivity index (χ2n) is 6.22. The van der Waals surface area contributed by atoms with Gasteiger partial charge < -0.3 is 10.2 Å². The Morgan fingerprint density at radius 1 is 1.38 bits per heavy atom. The number of nitrogens with zero attached hydrogens (tertiary/aromatic N) is 3. The minimum absolute atomic E-state index is 0.0275. The summed E-state index contributed by atoms with van der Waals surface area (Å²) < 4.78 is 0. The van der Waals surface area contributed by atoms with Crippen LogP contribution < -0.4 is 5.32 Å². The van der Waals surface area contributed by atoms with Crippen LogP contribution in [0, 0.1) is 0 Å². The Morgan fingerprint density at radius 2 is 2.24 bits per heavy atom. The molecule has 6 heteroatoms. The van der Waals surface area contributed by atoms with Crippen LogP contribution in [0.25, 0.3) is 0 Å². The van der Waals surface area contributed by atoms with E-state index < -0.39 is 0 Å². The van der Waals surface area contributed by atoms with Gasteiger partial charge in [-0.25, -0.2) is 4.98 Å². The van der Waals surface area contributed by atoms with E-state index in [0.717, 1.165) is 57.6 Å². The molecule has 2 N–H and O–H groups in total. The molecule has 0 bridgehead atoms. The minimum Gasteiger partial charge on any atom is -0.334 e. The molecule has 1 amide bonds. The first-order chi connectivity index (χ1) is 10.3. The van der Waals surface area contributed by atoms with E-state index in [1.807, 2.05) is 4.90 Å². The number of aromatic nitrogens is 3. The average molecular weight is 291 g/mol. The van der Waals surface area contributed by atoms with Gasteiger partial charge in [0.05, 0.1) is 0 Å². The number of carbonyl (C=O) groups is 1. The number of nitrogens with one attached hydrogen (secondary N) is 2. The van der Waals surface area contributed by atoms with Crippen LogP contribution in [0.15, 0.2) is 0 Å². The molecule has 0 radical (unpaired) electrons. The highest BCUT2D eigenvalue weighted by atomic mass is 16.2. The minimum atomic E-state index is -0.0275. The number of H-pyrrole nitrogens is 1. The maximum atomic E-state index is 12.6. The lowest BCUT2D eigenvalue weighted by molar-refractivity contribution is 0.0727. The summed E-state index contributed by atoms with van der Waals surface area (Å²) in [6.07, 6.45) is 6.79. The molecule has 2 heterocycles. The molecule has 21 heavy (non-hydrogen) atoms. The van der Waals surface area contributed by atoms with Crippen molar-refractivity contribution in [1.29, 1.82) is 0 Å². The van der Waals surface area contributed by atoms with Crippen LogP contribution in [0.5, 0.6) is 0 Å². The molecule has 3 rings (SSSR count). The number of aromatic amines is 1. The van der Waals surface area contributed by atoms with E-state index in [1.54, 1.807) is 0 Å². The van der Waals surface area contributed by atoms with Gasteiger partial charge in [-0.1, -0.05) is 13.3 Å². The third kappa shape index (κ3) is 3.61. The second kappa shape index (κ2) is 6.56. The van der Waals surface area contributed by atoms with Gasteiger partial charge in [0.2, 0.25) is 5.82 Å². The molecule has 6 nitrogen and oxygen atoms in total. The predicted molar refractivity (Wildman–Crippen MR) is 80.2 cm³/mol. The summed E-state index contributed by atoms with van der Waals surface area (Å²) in [5.74, 6) is 1.69. The summed E-state index contributed by atoms with van der Waals surface area (Å²) in [4.78, 5) is 19.0. The quantitative estimate of drug-likeness (QED) is 0.801. The zero-order valence-corrected chi connectivity index (χ0v) is 12.8. The third-order valence-electron chi connectivity index (χ3n) is 4.33. The average Bonchev–Trinajstić information content (AvgIpc) is 3.03. The number of hydrogen-bond acceptors (Lipinski definition) is 4. The van der Waals surface area contributed by atoms with Gasteiger partial charge in [-0.3, -0.25) is 9.89 Å². The first kappa shape index (κ1) is 14.5. The molecule has 0 spiro atoms. The van der Waals surface area contributed by atoms with Crippen LogP contribution in [-0.4, -0.2) is 51.7 Å². The molecule has 1 saturated heterocycles. The number of unbranched alkanes of at least 4 members (excludes halogenated alkanes) is 1. The lowest BCUT2D eigenvalue weighted by atomic mass is 10.2. The smallest absolute Gasteiger partial charge is 0.293 e. The van der Waals surface area contributed by atoms with Crippen molar-refractivity contribution in [2.45, 2.75) is 57.4 Å². The van der Waals surface area contributed by atoms with Gasteiger partial charge in [-0.15, -0.1) is 5.10 Å². The van der Waals surface area contributed by atoms with E-state index in [9.17, 15) is 4.79 Å². The molecular formula is C15H25N5O. The summed E-state index contributed by atoms with van der Waals surface area (Å²) in [5.41, 5.74) is 0. The molecule has 1 saturated carbocycles. The Morgan fingerprint density at radius 3 is 2.90 bits per heavy atom. The fourth-order valence-electron chi connectivity index (χ4n) is 2.85. The second-order valence-corrected chi connectivity index (χ2v) is 6.22. The standard InChI is InChI=1S/C15H25N5O/c1-2-3-9-20(10-12-5-4-8-16-12)15(21)14-17-13(18-19-14)11-6-7-11/h11-12,16H,2-10H2,1H3,(H,17,18,19). The lowest BCUT2D eigenvalue weighted by Crippen LogP contribution is -2.42. The summed E-state index contributed by atoms with van der Waals surface area (Å²) in [6.45, 7) is 4.77. The molecule has 0 aromatic carbocycles. The monoisotopic (exact) mass is 291 g/mol. The number of hydrogen-bond donors (Lipinski definition) is 2. The van der Waals surface area contributed by atoms with E-state index in [0.29, 0.717) is 17.8 Å². The van der Waals surface area contributed by atoms with E-state index in [4.69, 9.17) is 0 Å². The summed E-state index contributed by atoms with van der Waals surface area (Å²) >= 11 is 0. The normalized spacial score (nSPS) is 21.7. The molecule has 1 unspecified atom stereocenters. The van der Waals surface area contributed by atoms with Gasteiger partial charge in [-0.05, 0) is 38.6 Å². The Labute approximate surface area is 125 Å². The molecule has 1 aromatic rings. The zero-order valence-electron chi connectivity index (χ0n) is 12.8. The van der Waals surface area contributed by atoms with Gasteiger partial charge in [0.1, 0.15) is 5.82 Å². The number of amides is 1. The summed E-state index contributed by atoms with van der Waals surface area (Å²) in [6, 6.07) is 0.424. The van der Waals surface area contributed by atoms with E-state index in [-0.39, 0.29) is 5.91 Å². The van der Waals surface area contributed by atoms with Crippen LogP contribution in [0.2, 0.25) is 0 Å². The topological polar surface area (TPSA) is 73.9 Å². The lowest BCUT2D eigenvalue weighted by Gasteiger charge is -2.24. The predicted octanol–water partition coefficient (Wildman–Crippen LogP) is 1.68. The number of rotatable bonds is 7. The summed E-state index contributed by atoms with van der Waals surface area (Å²) in [5, 5.41) is 10.5.